The summed E-state index contributed by atoms with van der Waals surface area (Å²) in [6, 6.07) is 6.47. The second kappa shape index (κ2) is 16.0. The molecule has 6 N–H and O–H groups in total. The molecule has 4 aromatic rings. The number of benzene rings is 2. The van der Waals surface area contributed by atoms with E-state index in [0.29, 0.717) is 55.3 Å². The maximum absolute atomic E-state index is 13.3. The molecule has 4 rings (SSSR count). The van der Waals surface area contributed by atoms with E-state index in [1.54, 1.807) is 62.8 Å². The van der Waals surface area contributed by atoms with Gasteiger partial charge in [-0.2, -0.15) is 9.82 Å². The number of imidazole rings is 1. The minimum Gasteiger partial charge on any atom is -0.494 e. The summed E-state index contributed by atoms with van der Waals surface area (Å²) >= 11 is 0. The number of anilines is 1. The van der Waals surface area contributed by atoms with Crippen molar-refractivity contribution in [1.82, 2.24) is 35.1 Å². The number of hydrogen-bond donors (Lipinski definition) is 6. The lowest BCUT2D eigenvalue weighted by Crippen LogP contribution is -2.48. The van der Waals surface area contributed by atoms with E-state index in [0.717, 1.165) is 17.3 Å². The third-order valence-electron chi connectivity index (χ3n) is 7.20. The predicted molar refractivity (Wildman–Crippen MR) is 175 cm³/mol. The number of sulfonamides is 1. The Hall–Kier alpha value is -4.96. The Kier molecular flexibility index (Phi) is 11.9. The topological polar surface area (TPSA) is 209 Å². The maximum Gasteiger partial charge on any atom is 0.323 e. The molecule has 47 heavy (non-hydrogen) atoms. The third-order valence-corrected chi connectivity index (χ3v) is 8.97. The number of ether oxygens (including phenoxy) is 1. The van der Waals surface area contributed by atoms with Gasteiger partial charge in [-0.3, -0.25) is 19.1 Å². The molecule has 0 bridgehead atoms. The van der Waals surface area contributed by atoms with Crippen molar-refractivity contribution in [2.24, 2.45) is 0 Å². The molecule has 0 saturated carbocycles. The first-order valence-corrected chi connectivity index (χ1v) is 16.7. The number of carboxylic acids is 1. The molecule has 0 aliphatic rings. The number of carbonyl (C=O) groups excluding carboxylic acids is 2. The highest BCUT2D eigenvalue weighted by atomic mass is 32.2. The van der Waals surface area contributed by atoms with Crippen LogP contribution in [0.3, 0.4) is 0 Å². The molecule has 2 heterocycles. The molecule has 2 amide bonds. The number of fused-ring (bicyclic) bond motifs is 1. The summed E-state index contributed by atoms with van der Waals surface area (Å²) in [6.45, 7) is 6.65. The number of carbonyl (C=O) groups is 3. The van der Waals surface area contributed by atoms with E-state index in [2.05, 4.69) is 35.7 Å². The zero-order chi connectivity index (χ0) is 34.0. The monoisotopic (exact) mass is 668 g/mol. The van der Waals surface area contributed by atoms with Gasteiger partial charge in [-0.15, -0.1) is 0 Å². The van der Waals surface area contributed by atoms with Crippen molar-refractivity contribution >= 4 is 44.7 Å². The van der Waals surface area contributed by atoms with Crippen molar-refractivity contribution in [3.63, 3.8) is 0 Å². The fraction of sp³-hybridized carbons (Fsp3) is 0.387. The predicted octanol–water partition coefficient (Wildman–Crippen LogP) is 2.34. The standard InChI is InChI=1S/C31H40N8O7S/c1-4-32-27(40)7-5-14-46-24-15-20(2)28(21(3)16-24)47(44,45)38-25(30(42)43)19-36-29(41)22-8-9-26-23(17-22)18-37-39(26)13-6-10-33-31-34-11-12-35-31/h8-9,11-12,15-18,25,38H,4-7,10,13-14,19H2,1-3H3,(H,32,40)(H,36,41)(H,42,43)(H2,33,34,35)/t25-/m0/s1. The second-order valence-corrected chi connectivity index (χ2v) is 12.5. The van der Waals surface area contributed by atoms with E-state index >= 15 is 0 Å². The van der Waals surface area contributed by atoms with Crippen LogP contribution in [0.15, 0.2) is 53.8 Å². The quantitative estimate of drug-likeness (QED) is 0.0853. The zero-order valence-electron chi connectivity index (χ0n) is 26.5. The van der Waals surface area contributed by atoms with Gasteiger partial charge < -0.3 is 30.8 Å². The number of aryl methyl sites for hydroxylation is 3. The molecule has 1 atom stereocenters. The van der Waals surface area contributed by atoms with Crippen molar-refractivity contribution in [3.8, 4) is 5.75 Å². The zero-order valence-corrected chi connectivity index (χ0v) is 27.3. The van der Waals surface area contributed by atoms with Crippen LogP contribution in [0.25, 0.3) is 10.9 Å². The van der Waals surface area contributed by atoms with E-state index in [1.807, 2.05) is 11.6 Å². The van der Waals surface area contributed by atoms with Crippen LogP contribution in [0.1, 0.15) is 47.7 Å². The first-order valence-electron chi connectivity index (χ1n) is 15.2. The molecule has 16 heteroatoms. The third kappa shape index (κ3) is 9.52. The van der Waals surface area contributed by atoms with Crippen molar-refractivity contribution in [1.29, 1.82) is 0 Å². The number of aromatic amines is 1. The van der Waals surface area contributed by atoms with Gasteiger partial charge in [0.25, 0.3) is 5.91 Å². The fourth-order valence-corrected chi connectivity index (χ4v) is 6.69. The number of amides is 2. The van der Waals surface area contributed by atoms with Crippen LogP contribution in [0.5, 0.6) is 5.75 Å². The largest absolute Gasteiger partial charge is 0.494 e. The van der Waals surface area contributed by atoms with Crippen molar-refractivity contribution < 1.29 is 32.6 Å². The van der Waals surface area contributed by atoms with E-state index < -0.39 is 34.5 Å². The highest BCUT2D eigenvalue weighted by molar-refractivity contribution is 7.89. The van der Waals surface area contributed by atoms with Gasteiger partial charge in [-0.1, -0.05) is 0 Å². The van der Waals surface area contributed by atoms with Gasteiger partial charge in [0.15, 0.2) is 5.95 Å². The number of nitrogens with zero attached hydrogens (tertiary/aromatic N) is 3. The van der Waals surface area contributed by atoms with Gasteiger partial charge in [-0.05, 0) is 75.1 Å². The Morgan fingerprint density at radius 2 is 1.85 bits per heavy atom. The molecule has 2 aromatic heterocycles. The summed E-state index contributed by atoms with van der Waals surface area (Å²) in [4.78, 5) is 43.6. The smallest absolute Gasteiger partial charge is 0.323 e. The fourth-order valence-electron chi connectivity index (χ4n) is 5.05. The minimum absolute atomic E-state index is 0.0735. The highest BCUT2D eigenvalue weighted by Gasteiger charge is 2.29. The average Bonchev–Trinajstić information content (AvgIpc) is 3.69. The normalized spacial score (nSPS) is 12.1. The van der Waals surface area contributed by atoms with Crippen molar-refractivity contribution in [2.75, 3.05) is 31.6 Å². The Bertz CT molecular complexity index is 1780. The molecule has 2 aromatic carbocycles. The summed E-state index contributed by atoms with van der Waals surface area (Å²) in [5, 5.41) is 23.3. The first kappa shape index (κ1) is 34.9. The van der Waals surface area contributed by atoms with Gasteiger partial charge in [0, 0.05) is 55.9 Å². The lowest BCUT2D eigenvalue weighted by atomic mass is 10.1. The number of aromatic nitrogens is 4. The molecule has 0 unspecified atom stereocenters. The first-order chi connectivity index (χ1) is 22.5. The van der Waals surface area contributed by atoms with Crippen LogP contribution in [0.4, 0.5) is 5.95 Å². The number of H-pyrrole nitrogens is 1. The van der Waals surface area contributed by atoms with Gasteiger partial charge in [-0.25, -0.2) is 13.4 Å². The van der Waals surface area contributed by atoms with Crippen molar-refractivity contribution in [2.45, 2.75) is 57.5 Å². The molecule has 0 radical (unpaired) electrons. The summed E-state index contributed by atoms with van der Waals surface area (Å²) < 4.78 is 36.4. The number of rotatable bonds is 18. The molecule has 0 saturated heterocycles. The molecule has 252 valence electrons. The maximum atomic E-state index is 13.3. The van der Waals surface area contributed by atoms with E-state index in [4.69, 9.17) is 4.74 Å². The summed E-state index contributed by atoms with van der Waals surface area (Å²) in [6.07, 6.45) is 6.62. The van der Waals surface area contributed by atoms with Crippen LogP contribution in [0, 0.1) is 13.8 Å². The van der Waals surface area contributed by atoms with Crippen molar-refractivity contribution in [3.05, 3.63) is 65.6 Å². The van der Waals surface area contributed by atoms with Crippen LogP contribution in [-0.4, -0.2) is 83.3 Å². The Morgan fingerprint density at radius 3 is 2.53 bits per heavy atom. The minimum atomic E-state index is -4.30. The second-order valence-electron chi connectivity index (χ2n) is 10.9. The molecule has 0 aliphatic heterocycles. The van der Waals surface area contributed by atoms with E-state index in [-0.39, 0.29) is 23.0 Å². The van der Waals surface area contributed by atoms with Crippen LogP contribution in [-0.2, 0) is 26.2 Å². The van der Waals surface area contributed by atoms with E-state index in [9.17, 15) is 27.9 Å². The summed E-state index contributed by atoms with van der Waals surface area (Å²) in [5.41, 5.74) is 1.81. The highest BCUT2D eigenvalue weighted by Crippen LogP contribution is 2.26. The van der Waals surface area contributed by atoms with Crippen LogP contribution >= 0.6 is 0 Å². The van der Waals surface area contributed by atoms with Gasteiger partial charge >= 0.3 is 5.97 Å². The Labute approximate surface area is 272 Å². The number of aliphatic carboxylic acids is 1. The molecule has 15 nitrogen and oxygen atoms in total. The van der Waals surface area contributed by atoms with Crippen LogP contribution < -0.4 is 25.4 Å². The van der Waals surface area contributed by atoms with Crippen LogP contribution in [0.2, 0.25) is 0 Å². The Morgan fingerprint density at radius 1 is 1.09 bits per heavy atom. The lowest BCUT2D eigenvalue weighted by molar-refractivity contribution is -0.138. The molecule has 0 spiro atoms. The Balaban J connectivity index is 1.33. The average molecular weight is 669 g/mol. The van der Waals surface area contributed by atoms with E-state index in [1.165, 1.54) is 0 Å². The summed E-state index contributed by atoms with van der Waals surface area (Å²) in [5.74, 6) is -0.961. The number of nitrogens with one attached hydrogen (secondary N) is 5. The lowest BCUT2D eigenvalue weighted by Gasteiger charge is -2.19. The molecular formula is C31H40N8O7S. The molecular weight excluding hydrogens is 628 g/mol. The summed E-state index contributed by atoms with van der Waals surface area (Å²) in [7, 11) is -4.30. The number of hydrogen-bond acceptors (Lipinski definition) is 9. The number of carboxylic acid groups (broad SMARTS) is 1. The van der Waals surface area contributed by atoms with Gasteiger partial charge in [0.1, 0.15) is 11.8 Å². The van der Waals surface area contributed by atoms with Gasteiger partial charge in [0.2, 0.25) is 15.9 Å². The molecule has 0 aliphatic carbocycles. The SMILES string of the molecule is CCNC(=O)CCCOc1cc(C)c(S(=O)(=O)N[C@@H](CNC(=O)c2ccc3c(cnn3CCCNc3ncc[nH]3)c2)C(=O)O)c(C)c1. The van der Waals surface area contributed by atoms with Gasteiger partial charge in [0.05, 0.1) is 23.2 Å². The molecule has 0 fully saturated rings.